The van der Waals surface area contributed by atoms with E-state index in [0.29, 0.717) is 6.42 Å². The lowest BCUT2D eigenvalue weighted by atomic mass is 10.1. The summed E-state index contributed by atoms with van der Waals surface area (Å²) < 4.78 is 0. The first-order valence-corrected chi connectivity index (χ1v) is 5.65. The number of nitrogens with one attached hydrogen (secondary N) is 1. The van der Waals surface area contributed by atoms with Gasteiger partial charge in [0.2, 0.25) is 5.91 Å². The number of benzene rings is 1. The molecule has 0 radical (unpaired) electrons. The van der Waals surface area contributed by atoms with E-state index >= 15 is 0 Å². The van der Waals surface area contributed by atoms with Crippen molar-refractivity contribution in [2.75, 3.05) is 5.32 Å². The Balaban J connectivity index is 2.98. The predicted molar refractivity (Wildman–Crippen MR) is 63.9 cm³/mol. The number of carbonyl (C=O) groups excluding carboxylic acids is 2. The molecule has 0 bridgehead atoms. The zero-order valence-electron chi connectivity index (χ0n) is 9.62. The molecule has 1 amide bonds. The quantitative estimate of drug-likeness (QED) is 0.889. The van der Waals surface area contributed by atoms with Gasteiger partial charge < -0.3 is 15.2 Å². The maximum Gasteiger partial charge on any atom is 0.227 e. The Morgan fingerprint density at radius 1 is 1.47 bits per heavy atom. The van der Waals surface area contributed by atoms with Crippen molar-refractivity contribution in [3.8, 4) is 0 Å². The summed E-state index contributed by atoms with van der Waals surface area (Å²) in [6.07, 6.45) is 0.681. The van der Waals surface area contributed by atoms with Crippen molar-refractivity contribution < 1.29 is 14.7 Å². The van der Waals surface area contributed by atoms with E-state index in [-0.39, 0.29) is 28.1 Å². The Morgan fingerprint density at radius 3 is 2.65 bits per heavy atom. The van der Waals surface area contributed by atoms with E-state index in [2.05, 4.69) is 5.32 Å². The van der Waals surface area contributed by atoms with Crippen molar-refractivity contribution in [1.29, 1.82) is 0 Å². The molecule has 17 heavy (non-hydrogen) atoms. The molecule has 1 aromatic rings. The second-order valence-electron chi connectivity index (χ2n) is 3.78. The molecule has 0 saturated carbocycles. The molecular formula is C12H13ClNO3-. The number of amides is 1. The monoisotopic (exact) mass is 254 g/mol. The van der Waals surface area contributed by atoms with Gasteiger partial charge in [-0.05, 0) is 24.6 Å². The molecule has 5 heteroatoms. The van der Waals surface area contributed by atoms with Crippen LogP contribution in [0.4, 0.5) is 5.69 Å². The van der Waals surface area contributed by atoms with Gasteiger partial charge in [-0.2, -0.15) is 0 Å². The molecular weight excluding hydrogens is 242 g/mol. The van der Waals surface area contributed by atoms with Gasteiger partial charge in [-0.25, -0.2) is 0 Å². The van der Waals surface area contributed by atoms with Crippen molar-refractivity contribution in [2.45, 2.75) is 20.3 Å². The average molecular weight is 255 g/mol. The normalized spacial score (nSPS) is 11.9. The van der Waals surface area contributed by atoms with Gasteiger partial charge in [-0.1, -0.05) is 25.4 Å². The SMILES string of the molecule is CC[C@H](C)C(=O)Nc1ccc(Cl)cc1C(=O)[O-]. The third-order valence-electron chi connectivity index (χ3n) is 2.52. The van der Waals surface area contributed by atoms with Crippen LogP contribution in [0.2, 0.25) is 5.02 Å². The summed E-state index contributed by atoms with van der Waals surface area (Å²) in [6, 6.07) is 4.22. The summed E-state index contributed by atoms with van der Waals surface area (Å²) in [4.78, 5) is 22.5. The van der Waals surface area contributed by atoms with E-state index in [4.69, 9.17) is 11.6 Å². The molecule has 0 heterocycles. The summed E-state index contributed by atoms with van der Waals surface area (Å²) in [5.74, 6) is -1.77. The highest BCUT2D eigenvalue weighted by Gasteiger charge is 2.13. The summed E-state index contributed by atoms with van der Waals surface area (Å²) in [7, 11) is 0. The third kappa shape index (κ3) is 3.46. The molecule has 1 atom stereocenters. The average Bonchev–Trinajstić information content (AvgIpc) is 2.29. The number of halogens is 1. The highest BCUT2D eigenvalue weighted by molar-refractivity contribution is 6.31. The van der Waals surface area contributed by atoms with Crippen molar-refractivity contribution in [1.82, 2.24) is 0 Å². The molecule has 92 valence electrons. The van der Waals surface area contributed by atoms with Crippen molar-refractivity contribution >= 4 is 29.2 Å². The van der Waals surface area contributed by atoms with Crippen molar-refractivity contribution in [3.05, 3.63) is 28.8 Å². The van der Waals surface area contributed by atoms with Gasteiger partial charge in [0.05, 0.1) is 5.97 Å². The molecule has 1 rings (SSSR count). The fourth-order valence-corrected chi connectivity index (χ4v) is 1.41. The summed E-state index contributed by atoms with van der Waals surface area (Å²) in [5.41, 5.74) is 0.0915. The molecule has 1 aromatic carbocycles. The molecule has 0 aliphatic heterocycles. The van der Waals surface area contributed by atoms with Gasteiger partial charge in [-0.3, -0.25) is 4.79 Å². The highest BCUT2D eigenvalue weighted by Crippen LogP contribution is 2.21. The summed E-state index contributed by atoms with van der Waals surface area (Å²) in [5, 5.41) is 13.7. The van der Waals surface area contributed by atoms with Crippen LogP contribution in [-0.4, -0.2) is 11.9 Å². The molecule has 4 nitrogen and oxygen atoms in total. The van der Waals surface area contributed by atoms with Crippen LogP contribution in [0, 0.1) is 5.92 Å². The number of hydrogen-bond acceptors (Lipinski definition) is 3. The fraction of sp³-hybridized carbons (Fsp3) is 0.333. The zero-order chi connectivity index (χ0) is 13.0. The Kier molecular flexibility index (Phi) is 4.52. The van der Waals surface area contributed by atoms with Gasteiger partial charge in [-0.15, -0.1) is 0 Å². The smallest absolute Gasteiger partial charge is 0.227 e. The number of hydrogen-bond donors (Lipinski definition) is 1. The van der Waals surface area contributed by atoms with Gasteiger partial charge in [0.1, 0.15) is 0 Å². The van der Waals surface area contributed by atoms with Gasteiger partial charge in [0, 0.05) is 22.2 Å². The van der Waals surface area contributed by atoms with E-state index in [1.54, 1.807) is 6.92 Å². The van der Waals surface area contributed by atoms with E-state index in [9.17, 15) is 14.7 Å². The number of rotatable bonds is 4. The molecule has 0 unspecified atom stereocenters. The lowest BCUT2D eigenvalue weighted by Crippen LogP contribution is -2.26. The van der Waals surface area contributed by atoms with Crippen molar-refractivity contribution in [3.63, 3.8) is 0 Å². The molecule has 0 spiro atoms. The predicted octanol–water partition coefficient (Wildman–Crippen LogP) is 1.69. The van der Waals surface area contributed by atoms with Crippen LogP contribution in [-0.2, 0) is 4.79 Å². The molecule has 0 aliphatic carbocycles. The lowest BCUT2D eigenvalue weighted by molar-refractivity contribution is -0.254. The number of aromatic carboxylic acids is 1. The van der Waals surface area contributed by atoms with Crippen LogP contribution in [0.15, 0.2) is 18.2 Å². The molecule has 0 saturated heterocycles. The number of carboxylic acids is 1. The molecule has 0 aliphatic rings. The van der Waals surface area contributed by atoms with E-state index in [1.165, 1.54) is 18.2 Å². The van der Waals surface area contributed by atoms with E-state index < -0.39 is 5.97 Å². The third-order valence-corrected chi connectivity index (χ3v) is 2.75. The minimum atomic E-state index is -1.37. The Labute approximate surface area is 105 Å². The number of carbonyl (C=O) groups is 2. The van der Waals surface area contributed by atoms with Crippen LogP contribution in [0.3, 0.4) is 0 Å². The zero-order valence-corrected chi connectivity index (χ0v) is 10.4. The second-order valence-corrected chi connectivity index (χ2v) is 4.21. The van der Waals surface area contributed by atoms with Gasteiger partial charge in [0.25, 0.3) is 0 Å². The van der Waals surface area contributed by atoms with Crippen LogP contribution in [0.1, 0.15) is 30.6 Å². The molecule has 0 aromatic heterocycles. The van der Waals surface area contributed by atoms with Crippen LogP contribution in [0.5, 0.6) is 0 Å². The first-order chi connectivity index (χ1) is 7.95. The Hall–Kier alpha value is -1.55. The second kappa shape index (κ2) is 5.68. The maximum absolute atomic E-state index is 11.6. The Morgan fingerprint density at radius 2 is 2.12 bits per heavy atom. The van der Waals surface area contributed by atoms with Gasteiger partial charge in [0.15, 0.2) is 0 Å². The summed E-state index contributed by atoms with van der Waals surface area (Å²) in [6.45, 7) is 3.65. The topological polar surface area (TPSA) is 69.2 Å². The van der Waals surface area contributed by atoms with Crippen LogP contribution < -0.4 is 10.4 Å². The number of carboxylic acid groups (broad SMARTS) is 1. The largest absolute Gasteiger partial charge is 0.545 e. The number of anilines is 1. The fourth-order valence-electron chi connectivity index (χ4n) is 1.24. The van der Waals surface area contributed by atoms with Crippen molar-refractivity contribution in [2.24, 2.45) is 5.92 Å². The Bertz CT molecular complexity index is 445. The van der Waals surface area contributed by atoms with E-state index in [1.807, 2.05) is 6.92 Å². The molecule has 0 fully saturated rings. The minimum Gasteiger partial charge on any atom is -0.545 e. The maximum atomic E-state index is 11.6. The first-order valence-electron chi connectivity index (χ1n) is 5.27. The van der Waals surface area contributed by atoms with E-state index in [0.717, 1.165) is 0 Å². The summed E-state index contributed by atoms with van der Waals surface area (Å²) >= 11 is 5.68. The lowest BCUT2D eigenvalue weighted by Gasteiger charge is -2.14. The first kappa shape index (κ1) is 13.5. The molecule has 1 N–H and O–H groups in total. The van der Waals surface area contributed by atoms with Crippen LogP contribution >= 0.6 is 11.6 Å². The standard InChI is InChI=1S/C12H14ClNO3/c1-3-7(2)11(15)14-10-5-4-8(13)6-9(10)12(16)17/h4-7H,3H2,1-2H3,(H,14,15)(H,16,17)/p-1/t7-/m0/s1. The van der Waals surface area contributed by atoms with Crippen LogP contribution in [0.25, 0.3) is 0 Å². The van der Waals surface area contributed by atoms with Gasteiger partial charge >= 0.3 is 0 Å². The minimum absolute atomic E-state index is 0.117. The highest BCUT2D eigenvalue weighted by atomic mass is 35.5.